The molecule has 0 spiro atoms. The van der Waals surface area contributed by atoms with Crippen LogP contribution in [0.2, 0.25) is 6.04 Å². The molecule has 132 valence electrons. The number of rotatable bonds is 14. The summed E-state index contributed by atoms with van der Waals surface area (Å²) in [5, 5.41) is 0.410. The molecule has 22 heavy (non-hydrogen) atoms. The van der Waals surface area contributed by atoms with Gasteiger partial charge in [0, 0.05) is 38.4 Å². The highest BCUT2D eigenvalue weighted by Gasteiger charge is 2.39. The van der Waals surface area contributed by atoms with Gasteiger partial charge in [0.2, 0.25) is 0 Å². The molecule has 0 aliphatic carbocycles. The number of carbonyl (C=O) groups excluding carboxylic acids is 1. The molecule has 0 bridgehead atoms. The molecule has 0 aliphatic rings. The van der Waals surface area contributed by atoms with Crippen LogP contribution >= 0.6 is 12.6 Å². The number of hydrogen-bond acceptors (Lipinski definition) is 6. The van der Waals surface area contributed by atoms with E-state index in [9.17, 15) is 4.79 Å². The molecule has 0 aliphatic heterocycles. The fourth-order valence-electron chi connectivity index (χ4n) is 2.13. The average molecular weight is 352 g/mol. The Bertz CT molecular complexity index is 301. The van der Waals surface area contributed by atoms with Crippen molar-refractivity contribution in [2.24, 2.45) is 0 Å². The highest BCUT2D eigenvalue weighted by molar-refractivity contribution is 7.80. The Morgan fingerprint density at radius 1 is 1.18 bits per heavy atom. The molecule has 0 heterocycles. The van der Waals surface area contributed by atoms with Gasteiger partial charge in [-0.1, -0.05) is 13.3 Å². The smallest absolute Gasteiger partial charge is 0.377 e. The van der Waals surface area contributed by atoms with Gasteiger partial charge in [-0.15, -0.1) is 0 Å². The van der Waals surface area contributed by atoms with E-state index in [4.69, 9.17) is 13.3 Å². The van der Waals surface area contributed by atoms with Gasteiger partial charge in [-0.25, -0.2) is 0 Å². The molecule has 1 unspecified atom stereocenters. The minimum absolute atomic E-state index is 0.247. The molecule has 0 saturated carbocycles. The molecule has 0 aromatic carbocycles. The quantitative estimate of drug-likeness (QED) is 0.296. The zero-order chi connectivity index (χ0) is 17.0. The lowest BCUT2D eigenvalue weighted by Gasteiger charge is -2.27. The fourth-order valence-corrected chi connectivity index (χ4v) is 4.57. The van der Waals surface area contributed by atoms with Crippen LogP contribution < -0.4 is 0 Å². The molecule has 0 N–H and O–H groups in total. The lowest BCUT2D eigenvalue weighted by Crippen LogP contribution is -2.46. The standard InChI is InChI=1S/C15H33NO4SSi/c1-6-8-15(21)10-7-9-14(17)11-12-22(18-4,19-5)20-13-16(2)3/h15,21H,6-13H2,1-5H3. The molecule has 0 saturated heterocycles. The van der Waals surface area contributed by atoms with Crippen LogP contribution in [0.4, 0.5) is 0 Å². The summed E-state index contributed by atoms with van der Waals surface area (Å²) in [6.07, 6.45) is 5.20. The van der Waals surface area contributed by atoms with Crippen molar-refractivity contribution in [2.45, 2.75) is 56.7 Å². The summed E-state index contributed by atoms with van der Waals surface area (Å²) in [7, 11) is 4.29. The Labute approximate surface area is 142 Å². The predicted molar refractivity (Wildman–Crippen MR) is 95.4 cm³/mol. The second-order valence-corrected chi connectivity index (χ2v) is 9.52. The minimum atomic E-state index is -2.72. The molecular weight excluding hydrogens is 318 g/mol. The van der Waals surface area contributed by atoms with Crippen LogP contribution in [0.5, 0.6) is 0 Å². The van der Waals surface area contributed by atoms with E-state index in [1.165, 1.54) is 0 Å². The van der Waals surface area contributed by atoms with Gasteiger partial charge in [0.25, 0.3) is 0 Å². The number of nitrogens with zero attached hydrogens (tertiary/aromatic N) is 1. The van der Waals surface area contributed by atoms with Crippen molar-refractivity contribution < 1.29 is 18.1 Å². The van der Waals surface area contributed by atoms with Gasteiger partial charge in [-0.05, 0) is 33.4 Å². The Morgan fingerprint density at radius 3 is 2.32 bits per heavy atom. The summed E-state index contributed by atoms with van der Waals surface area (Å²) in [4.78, 5) is 13.9. The SMILES string of the molecule is CCCC(S)CCCC(=O)CC[Si](OC)(OC)OCN(C)C. The molecule has 0 amide bonds. The lowest BCUT2D eigenvalue weighted by atomic mass is 10.1. The highest BCUT2D eigenvalue weighted by Crippen LogP contribution is 2.19. The van der Waals surface area contributed by atoms with Gasteiger partial charge in [0.1, 0.15) is 5.78 Å². The topological polar surface area (TPSA) is 48.0 Å². The van der Waals surface area contributed by atoms with Crippen molar-refractivity contribution in [2.75, 3.05) is 35.0 Å². The zero-order valence-electron chi connectivity index (χ0n) is 14.8. The van der Waals surface area contributed by atoms with E-state index in [0.29, 0.717) is 30.9 Å². The summed E-state index contributed by atoms with van der Waals surface area (Å²) < 4.78 is 16.7. The molecule has 0 aromatic heterocycles. The Hall–Kier alpha value is 0.0769. The van der Waals surface area contributed by atoms with E-state index in [-0.39, 0.29) is 5.78 Å². The third-order valence-corrected chi connectivity index (χ3v) is 6.68. The van der Waals surface area contributed by atoms with Crippen LogP contribution in [-0.4, -0.2) is 59.8 Å². The fraction of sp³-hybridized carbons (Fsp3) is 0.933. The predicted octanol–water partition coefficient (Wildman–Crippen LogP) is 2.98. The second-order valence-electron chi connectivity index (χ2n) is 5.82. The lowest BCUT2D eigenvalue weighted by molar-refractivity contribution is -0.119. The molecule has 0 rings (SSSR count). The number of Topliss-reactive ketones (excluding diaryl/α,β-unsaturated/α-hetero) is 1. The third kappa shape index (κ3) is 9.97. The van der Waals surface area contributed by atoms with Crippen molar-refractivity contribution in [3.63, 3.8) is 0 Å². The van der Waals surface area contributed by atoms with Crippen LogP contribution in [0.1, 0.15) is 45.4 Å². The maximum absolute atomic E-state index is 12.0. The Balaban J connectivity index is 4.11. The normalized spacial score (nSPS) is 13.6. The van der Waals surface area contributed by atoms with Gasteiger partial charge in [0.15, 0.2) is 0 Å². The van der Waals surface area contributed by atoms with Crippen molar-refractivity contribution >= 4 is 27.2 Å². The van der Waals surface area contributed by atoms with Gasteiger partial charge in [-0.2, -0.15) is 12.6 Å². The van der Waals surface area contributed by atoms with E-state index < -0.39 is 8.80 Å². The summed E-state index contributed by atoms with van der Waals surface area (Å²) in [5.41, 5.74) is 0. The molecule has 0 fully saturated rings. The first-order chi connectivity index (χ1) is 10.4. The van der Waals surface area contributed by atoms with Crippen LogP contribution in [-0.2, 0) is 18.1 Å². The monoisotopic (exact) mass is 351 g/mol. The maximum atomic E-state index is 12.0. The largest absolute Gasteiger partial charge is 0.501 e. The first-order valence-electron chi connectivity index (χ1n) is 7.97. The summed E-state index contributed by atoms with van der Waals surface area (Å²) in [6.45, 7) is 2.59. The number of carbonyl (C=O) groups is 1. The molecular formula is C15H33NO4SSi. The highest BCUT2D eigenvalue weighted by atomic mass is 32.1. The molecule has 0 aromatic rings. The van der Waals surface area contributed by atoms with Crippen LogP contribution in [0.15, 0.2) is 0 Å². The first kappa shape index (κ1) is 22.1. The van der Waals surface area contributed by atoms with Gasteiger partial charge in [0.05, 0.1) is 6.73 Å². The van der Waals surface area contributed by atoms with Crippen molar-refractivity contribution in [3.05, 3.63) is 0 Å². The van der Waals surface area contributed by atoms with E-state index >= 15 is 0 Å². The average Bonchev–Trinajstić information content (AvgIpc) is 2.48. The van der Waals surface area contributed by atoms with Crippen molar-refractivity contribution in [1.82, 2.24) is 4.90 Å². The molecule has 0 radical (unpaired) electrons. The molecule has 5 nitrogen and oxygen atoms in total. The van der Waals surface area contributed by atoms with Crippen molar-refractivity contribution in [1.29, 1.82) is 0 Å². The van der Waals surface area contributed by atoms with Crippen LogP contribution in [0.25, 0.3) is 0 Å². The number of ketones is 1. The Morgan fingerprint density at radius 2 is 1.82 bits per heavy atom. The van der Waals surface area contributed by atoms with E-state index in [1.54, 1.807) is 14.2 Å². The molecule has 7 heteroatoms. The van der Waals surface area contributed by atoms with Gasteiger partial charge < -0.3 is 13.3 Å². The van der Waals surface area contributed by atoms with Crippen LogP contribution in [0, 0.1) is 0 Å². The Kier molecular flexibility index (Phi) is 12.5. The first-order valence-corrected chi connectivity index (χ1v) is 10.4. The van der Waals surface area contributed by atoms with Crippen LogP contribution in [0.3, 0.4) is 0 Å². The minimum Gasteiger partial charge on any atom is -0.377 e. The van der Waals surface area contributed by atoms with Gasteiger partial charge >= 0.3 is 8.80 Å². The summed E-state index contributed by atoms with van der Waals surface area (Å²) in [6, 6.07) is 0.534. The van der Waals surface area contributed by atoms with E-state index in [0.717, 1.165) is 25.7 Å². The summed E-state index contributed by atoms with van der Waals surface area (Å²) >= 11 is 4.52. The summed E-state index contributed by atoms with van der Waals surface area (Å²) in [5.74, 6) is 0.247. The zero-order valence-corrected chi connectivity index (χ0v) is 16.7. The van der Waals surface area contributed by atoms with E-state index in [2.05, 4.69) is 19.6 Å². The van der Waals surface area contributed by atoms with E-state index in [1.807, 2.05) is 19.0 Å². The number of thiol groups is 1. The van der Waals surface area contributed by atoms with Crippen molar-refractivity contribution in [3.8, 4) is 0 Å². The maximum Gasteiger partial charge on any atom is 0.501 e. The number of hydrogen-bond donors (Lipinski definition) is 1. The third-order valence-electron chi connectivity index (χ3n) is 3.49. The second kappa shape index (κ2) is 12.5. The molecule has 1 atom stereocenters. The van der Waals surface area contributed by atoms with Gasteiger partial charge in [-0.3, -0.25) is 9.69 Å².